The fourth-order valence-electron chi connectivity index (χ4n) is 4.58. The minimum atomic E-state index is 0.493. The van der Waals surface area contributed by atoms with Gasteiger partial charge in [0.2, 0.25) is 0 Å². The quantitative estimate of drug-likeness (QED) is 0.239. The number of nitrogens with zero attached hydrogens (tertiary/aromatic N) is 3. The fourth-order valence-corrected chi connectivity index (χ4v) is 4.58. The standard InChI is InChI=1S/C27H51N3/c1-7-13-19-23(18-12-6)26-28-25(22(16-10-4)17-11-5)29-27(30-26)24(20-14-8-2)21-15-9-3/h22-24H,7-21H2,1-6H3. The van der Waals surface area contributed by atoms with E-state index in [1.807, 2.05) is 0 Å². The number of hydrogen-bond acceptors (Lipinski definition) is 3. The maximum Gasteiger partial charge on any atom is 0.135 e. The molecular formula is C27H51N3. The second-order valence-electron chi connectivity index (χ2n) is 9.29. The zero-order chi connectivity index (χ0) is 22.2. The van der Waals surface area contributed by atoms with Crippen molar-refractivity contribution in [2.24, 2.45) is 0 Å². The third kappa shape index (κ3) is 9.43. The Kier molecular flexibility index (Phi) is 15.0. The molecule has 1 unspecified atom stereocenters. The van der Waals surface area contributed by atoms with Crippen LogP contribution in [0.25, 0.3) is 0 Å². The zero-order valence-corrected chi connectivity index (χ0v) is 21.2. The van der Waals surface area contributed by atoms with Crippen LogP contribution in [-0.2, 0) is 0 Å². The van der Waals surface area contributed by atoms with E-state index in [4.69, 9.17) is 15.0 Å². The molecule has 0 amide bonds. The minimum absolute atomic E-state index is 0.493. The molecule has 0 aliphatic carbocycles. The van der Waals surface area contributed by atoms with Gasteiger partial charge in [-0.1, -0.05) is 99.3 Å². The molecule has 1 rings (SSSR count). The summed E-state index contributed by atoms with van der Waals surface area (Å²) in [5.41, 5.74) is 0. The van der Waals surface area contributed by atoms with Gasteiger partial charge in [0, 0.05) is 17.8 Å². The Hall–Kier alpha value is -0.990. The summed E-state index contributed by atoms with van der Waals surface area (Å²) in [6, 6.07) is 0. The third-order valence-electron chi connectivity index (χ3n) is 6.41. The van der Waals surface area contributed by atoms with E-state index in [9.17, 15) is 0 Å². The normalized spacial score (nSPS) is 12.8. The van der Waals surface area contributed by atoms with Gasteiger partial charge in [-0.25, -0.2) is 15.0 Å². The van der Waals surface area contributed by atoms with E-state index in [0.29, 0.717) is 17.8 Å². The van der Waals surface area contributed by atoms with E-state index in [1.165, 1.54) is 96.3 Å². The van der Waals surface area contributed by atoms with Crippen LogP contribution < -0.4 is 0 Å². The van der Waals surface area contributed by atoms with Crippen molar-refractivity contribution in [3.63, 3.8) is 0 Å². The molecule has 1 aromatic heterocycles. The molecule has 3 nitrogen and oxygen atoms in total. The van der Waals surface area contributed by atoms with E-state index in [2.05, 4.69) is 41.5 Å². The van der Waals surface area contributed by atoms with Gasteiger partial charge in [-0.2, -0.15) is 0 Å². The third-order valence-corrected chi connectivity index (χ3v) is 6.41. The lowest BCUT2D eigenvalue weighted by atomic mass is 9.92. The number of aromatic nitrogens is 3. The SMILES string of the molecule is CCCCC(CCC)c1nc(C(CCC)CCC)nc(C(CCCC)CCCC)n1. The molecule has 0 aromatic carbocycles. The lowest BCUT2D eigenvalue weighted by molar-refractivity contribution is 0.459. The summed E-state index contributed by atoms with van der Waals surface area (Å²) >= 11 is 0. The highest BCUT2D eigenvalue weighted by Gasteiger charge is 2.23. The molecular weight excluding hydrogens is 366 g/mol. The van der Waals surface area contributed by atoms with Crippen molar-refractivity contribution in [2.45, 2.75) is 156 Å². The van der Waals surface area contributed by atoms with Crippen molar-refractivity contribution in [3.05, 3.63) is 17.5 Å². The maximum atomic E-state index is 5.19. The lowest BCUT2D eigenvalue weighted by Gasteiger charge is -2.22. The second-order valence-corrected chi connectivity index (χ2v) is 9.29. The maximum absolute atomic E-state index is 5.19. The van der Waals surface area contributed by atoms with Crippen LogP contribution in [0.4, 0.5) is 0 Å². The molecule has 0 saturated heterocycles. The molecule has 3 heteroatoms. The first-order chi connectivity index (χ1) is 14.6. The van der Waals surface area contributed by atoms with Gasteiger partial charge in [-0.15, -0.1) is 0 Å². The highest BCUT2D eigenvalue weighted by Crippen LogP contribution is 2.32. The highest BCUT2D eigenvalue weighted by atomic mass is 15.0. The molecule has 1 aromatic rings. The zero-order valence-electron chi connectivity index (χ0n) is 21.2. The Bertz CT molecular complexity index is 529. The monoisotopic (exact) mass is 417 g/mol. The molecule has 0 bridgehead atoms. The predicted octanol–water partition coefficient (Wildman–Crippen LogP) is 9.09. The summed E-state index contributed by atoms with van der Waals surface area (Å²) in [5, 5.41) is 0. The first kappa shape index (κ1) is 27.0. The molecule has 0 N–H and O–H groups in total. The van der Waals surface area contributed by atoms with Gasteiger partial charge in [0.05, 0.1) is 0 Å². The van der Waals surface area contributed by atoms with Crippen molar-refractivity contribution in [1.29, 1.82) is 0 Å². The summed E-state index contributed by atoms with van der Waals surface area (Å²) in [6.45, 7) is 13.8. The molecule has 174 valence electrons. The number of rotatable bonds is 18. The van der Waals surface area contributed by atoms with Crippen LogP contribution in [0.3, 0.4) is 0 Å². The van der Waals surface area contributed by atoms with Crippen molar-refractivity contribution in [3.8, 4) is 0 Å². The molecule has 0 fully saturated rings. The van der Waals surface area contributed by atoms with Gasteiger partial charge < -0.3 is 0 Å². The molecule has 0 saturated carbocycles. The van der Waals surface area contributed by atoms with Crippen molar-refractivity contribution in [1.82, 2.24) is 15.0 Å². The van der Waals surface area contributed by atoms with Gasteiger partial charge in [0.15, 0.2) is 0 Å². The van der Waals surface area contributed by atoms with Crippen LogP contribution in [0.1, 0.15) is 173 Å². The molecule has 0 spiro atoms. The summed E-state index contributed by atoms with van der Waals surface area (Å²) in [5.74, 6) is 4.83. The van der Waals surface area contributed by atoms with E-state index in [1.54, 1.807) is 0 Å². The first-order valence-electron chi connectivity index (χ1n) is 13.4. The van der Waals surface area contributed by atoms with Crippen LogP contribution in [-0.4, -0.2) is 15.0 Å². The van der Waals surface area contributed by atoms with E-state index in [-0.39, 0.29) is 0 Å². The summed E-state index contributed by atoms with van der Waals surface area (Å²) < 4.78 is 0. The van der Waals surface area contributed by atoms with Crippen LogP contribution >= 0.6 is 0 Å². The van der Waals surface area contributed by atoms with Gasteiger partial charge in [-0.05, 0) is 38.5 Å². The van der Waals surface area contributed by atoms with Gasteiger partial charge >= 0.3 is 0 Å². The molecule has 0 aliphatic rings. The van der Waals surface area contributed by atoms with E-state index >= 15 is 0 Å². The van der Waals surface area contributed by atoms with Crippen molar-refractivity contribution in [2.75, 3.05) is 0 Å². The van der Waals surface area contributed by atoms with Gasteiger partial charge in [0.25, 0.3) is 0 Å². The van der Waals surface area contributed by atoms with Gasteiger partial charge in [0.1, 0.15) is 17.5 Å². The Morgan fingerprint density at radius 3 is 0.933 bits per heavy atom. The van der Waals surface area contributed by atoms with Crippen molar-refractivity contribution >= 4 is 0 Å². The van der Waals surface area contributed by atoms with Crippen LogP contribution in [0, 0.1) is 0 Å². The minimum Gasteiger partial charge on any atom is -0.217 e. The summed E-state index contributed by atoms with van der Waals surface area (Å²) in [7, 11) is 0. The molecule has 0 aliphatic heterocycles. The smallest absolute Gasteiger partial charge is 0.135 e. The fraction of sp³-hybridized carbons (Fsp3) is 0.889. The summed E-state index contributed by atoms with van der Waals surface area (Å²) in [4.78, 5) is 15.5. The Balaban J connectivity index is 3.38. The molecule has 1 atom stereocenters. The lowest BCUT2D eigenvalue weighted by Crippen LogP contribution is -2.17. The van der Waals surface area contributed by atoms with Crippen LogP contribution in [0.15, 0.2) is 0 Å². The molecule has 0 radical (unpaired) electrons. The van der Waals surface area contributed by atoms with E-state index < -0.39 is 0 Å². The Morgan fingerprint density at radius 2 is 0.667 bits per heavy atom. The van der Waals surface area contributed by atoms with Crippen molar-refractivity contribution < 1.29 is 0 Å². The molecule has 30 heavy (non-hydrogen) atoms. The van der Waals surface area contributed by atoms with Crippen LogP contribution in [0.2, 0.25) is 0 Å². The second kappa shape index (κ2) is 16.7. The Morgan fingerprint density at radius 1 is 0.400 bits per heavy atom. The highest BCUT2D eigenvalue weighted by molar-refractivity contribution is 5.09. The molecule has 1 heterocycles. The average Bonchev–Trinajstić information content (AvgIpc) is 2.76. The predicted molar refractivity (Wildman–Crippen MR) is 131 cm³/mol. The largest absolute Gasteiger partial charge is 0.217 e. The van der Waals surface area contributed by atoms with Crippen LogP contribution in [0.5, 0.6) is 0 Å². The van der Waals surface area contributed by atoms with Gasteiger partial charge in [-0.3, -0.25) is 0 Å². The van der Waals surface area contributed by atoms with E-state index in [0.717, 1.165) is 17.5 Å². The Labute approximate surface area is 188 Å². The number of hydrogen-bond donors (Lipinski definition) is 0. The average molecular weight is 418 g/mol. The summed E-state index contributed by atoms with van der Waals surface area (Å²) in [6.07, 6.45) is 18.4. The topological polar surface area (TPSA) is 38.7 Å². The first-order valence-corrected chi connectivity index (χ1v) is 13.4. The number of unbranched alkanes of at least 4 members (excludes halogenated alkanes) is 3.